The van der Waals surface area contributed by atoms with Gasteiger partial charge in [-0.25, -0.2) is 9.74 Å². The summed E-state index contributed by atoms with van der Waals surface area (Å²) in [5.74, 6) is -3.17. The number of anilines is 1. The lowest BCUT2D eigenvalue weighted by atomic mass is 9.67. The monoisotopic (exact) mass is 380 g/mol. The molecule has 0 aliphatic carbocycles. The lowest BCUT2D eigenvalue weighted by Crippen LogP contribution is -2.49. The number of halogens is 3. The summed E-state index contributed by atoms with van der Waals surface area (Å²) in [5, 5.41) is 10.3. The molecule has 3 aliphatic rings. The Morgan fingerprint density at radius 1 is 1.26 bits per heavy atom. The van der Waals surface area contributed by atoms with Crippen LogP contribution in [0.4, 0.5) is 24.5 Å². The number of ether oxygens (including phenoxy) is 1. The second kappa shape index (κ2) is 5.09. The molecule has 3 heterocycles. The summed E-state index contributed by atoms with van der Waals surface area (Å²) in [6, 6.07) is 2.75. The van der Waals surface area contributed by atoms with Gasteiger partial charge in [0.2, 0.25) is 11.8 Å². The topological polar surface area (TPSA) is 71.2 Å². The van der Waals surface area contributed by atoms with Crippen molar-refractivity contribution in [2.75, 3.05) is 4.90 Å². The molecule has 27 heavy (non-hydrogen) atoms. The minimum absolute atomic E-state index is 0.169. The number of carbonyl (C=O) groups excluding carboxylic acids is 2. The Kier molecular flexibility index (Phi) is 3.38. The van der Waals surface area contributed by atoms with Gasteiger partial charge in [0.15, 0.2) is 5.69 Å². The predicted octanol–water partition coefficient (Wildman–Crippen LogP) is 2.67. The van der Waals surface area contributed by atoms with E-state index in [-0.39, 0.29) is 12.1 Å². The Balaban J connectivity index is 1.81. The summed E-state index contributed by atoms with van der Waals surface area (Å²) >= 11 is 0. The van der Waals surface area contributed by atoms with Crippen molar-refractivity contribution in [2.45, 2.75) is 43.8 Å². The second-order valence-electron chi connectivity index (χ2n) is 7.60. The first kappa shape index (κ1) is 17.9. The molecule has 3 fully saturated rings. The average molecular weight is 380 g/mol. The second-order valence-corrected chi connectivity index (χ2v) is 7.60. The standard InChI is InChI=1S/C18H15F3N2O4/c1-16-7-11(24)17(2,27-16)13-12(16)14(25)23(15(13)26)8-4-5-10(22-3)9(6-8)18(19,20)21/h4-6,11-13,24H,7H2,1-2H3/t11-,12-,13+,16?,17?/m1/s1. The molecule has 3 saturated heterocycles. The Labute approximate surface area is 152 Å². The molecule has 5 atom stereocenters. The minimum atomic E-state index is -4.80. The third-order valence-corrected chi connectivity index (χ3v) is 5.96. The van der Waals surface area contributed by atoms with E-state index in [1.165, 1.54) is 0 Å². The Morgan fingerprint density at radius 3 is 2.48 bits per heavy atom. The van der Waals surface area contributed by atoms with Crippen LogP contribution in [0, 0.1) is 18.4 Å². The maximum Gasteiger partial charge on any atom is 0.407 e. The number of nitrogens with zero attached hydrogens (tertiary/aromatic N) is 2. The fourth-order valence-corrected chi connectivity index (χ4v) is 4.76. The smallest absolute Gasteiger partial charge is 0.390 e. The fourth-order valence-electron chi connectivity index (χ4n) is 4.76. The molecule has 2 bridgehead atoms. The highest BCUT2D eigenvalue weighted by Crippen LogP contribution is 2.61. The van der Waals surface area contributed by atoms with Crippen LogP contribution in [0.3, 0.4) is 0 Å². The van der Waals surface area contributed by atoms with Crippen molar-refractivity contribution >= 4 is 23.2 Å². The van der Waals surface area contributed by atoms with Crippen molar-refractivity contribution in [1.29, 1.82) is 0 Å². The van der Waals surface area contributed by atoms with E-state index in [0.29, 0.717) is 6.07 Å². The predicted molar refractivity (Wildman–Crippen MR) is 85.7 cm³/mol. The average Bonchev–Trinajstić information content (AvgIpc) is 3.07. The maximum atomic E-state index is 13.2. The van der Waals surface area contributed by atoms with Gasteiger partial charge in [0.05, 0.1) is 35.7 Å². The SMILES string of the molecule is [C-]#[N+]c1ccc(N2C(=O)[C@@H]3[C@H](C2=O)C2(C)C[C@@H](O)C3(C)O2)cc1C(F)(F)F. The van der Waals surface area contributed by atoms with E-state index in [1.807, 2.05) is 0 Å². The van der Waals surface area contributed by atoms with E-state index in [2.05, 4.69) is 4.85 Å². The van der Waals surface area contributed by atoms with Crippen LogP contribution < -0.4 is 4.90 Å². The van der Waals surface area contributed by atoms with Crippen LogP contribution in [0.2, 0.25) is 0 Å². The van der Waals surface area contributed by atoms with Crippen LogP contribution >= 0.6 is 0 Å². The van der Waals surface area contributed by atoms with Gasteiger partial charge in [0, 0.05) is 12.1 Å². The molecular formula is C18H15F3N2O4. The summed E-state index contributed by atoms with van der Waals surface area (Å²) < 4.78 is 45.6. The van der Waals surface area contributed by atoms with Gasteiger partial charge < -0.3 is 9.84 Å². The van der Waals surface area contributed by atoms with Crippen molar-refractivity contribution < 1.29 is 32.6 Å². The quantitative estimate of drug-likeness (QED) is 0.601. The molecule has 1 aromatic carbocycles. The van der Waals surface area contributed by atoms with Crippen molar-refractivity contribution in [2.24, 2.45) is 11.8 Å². The van der Waals surface area contributed by atoms with Gasteiger partial charge in [0.25, 0.3) is 0 Å². The lowest BCUT2D eigenvalue weighted by Gasteiger charge is -2.31. The van der Waals surface area contributed by atoms with Gasteiger partial charge in [-0.3, -0.25) is 9.59 Å². The van der Waals surface area contributed by atoms with E-state index in [9.17, 15) is 27.9 Å². The Hall–Kier alpha value is -2.44. The molecule has 2 unspecified atom stereocenters. The number of aliphatic hydroxyl groups is 1. The first-order valence-electron chi connectivity index (χ1n) is 8.29. The molecule has 0 radical (unpaired) electrons. The van der Waals surface area contributed by atoms with E-state index < -0.39 is 58.4 Å². The van der Waals surface area contributed by atoms with E-state index in [0.717, 1.165) is 17.0 Å². The number of imide groups is 1. The number of alkyl halides is 3. The molecule has 6 nitrogen and oxygen atoms in total. The van der Waals surface area contributed by atoms with Gasteiger partial charge in [-0.1, -0.05) is 6.07 Å². The number of benzene rings is 1. The molecule has 1 aromatic rings. The molecule has 3 aliphatic heterocycles. The van der Waals surface area contributed by atoms with Gasteiger partial charge in [-0.15, -0.1) is 0 Å². The molecule has 1 N–H and O–H groups in total. The third-order valence-electron chi connectivity index (χ3n) is 5.96. The molecule has 0 saturated carbocycles. The number of fused-ring (bicyclic) bond motifs is 5. The highest BCUT2D eigenvalue weighted by molar-refractivity contribution is 6.23. The number of aliphatic hydroxyl groups excluding tert-OH is 1. The number of carbonyl (C=O) groups is 2. The first-order chi connectivity index (χ1) is 12.4. The van der Waals surface area contributed by atoms with E-state index >= 15 is 0 Å². The fraction of sp³-hybridized carbons (Fsp3) is 0.500. The molecule has 142 valence electrons. The van der Waals surface area contributed by atoms with Gasteiger partial charge in [0.1, 0.15) is 5.60 Å². The van der Waals surface area contributed by atoms with Crippen LogP contribution in [0.25, 0.3) is 4.85 Å². The highest BCUT2D eigenvalue weighted by Gasteiger charge is 2.75. The van der Waals surface area contributed by atoms with Gasteiger partial charge >= 0.3 is 6.18 Å². The Bertz CT molecular complexity index is 924. The van der Waals surface area contributed by atoms with Crippen LogP contribution in [0.15, 0.2) is 18.2 Å². The van der Waals surface area contributed by atoms with Crippen LogP contribution in [-0.4, -0.2) is 34.2 Å². The summed E-state index contributed by atoms with van der Waals surface area (Å²) in [7, 11) is 0. The van der Waals surface area contributed by atoms with Crippen LogP contribution in [0.5, 0.6) is 0 Å². The highest BCUT2D eigenvalue weighted by atomic mass is 19.4. The lowest BCUT2D eigenvalue weighted by molar-refractivity contribution is -0.137. The summed E-state index contributed by atoms with van der Waals surface area (Å²) in [4.78, 5) is 29.5. The molecule has 2 amide bonds. The number of rotatable bonds is 1. The van der Waals surface area contributed by atoms with Crippen LogP contribution in [-0.2, 0) is 20.5 Å². The van der Waals surface area contributed by atoms with Crippen molar-refractivity contribution in [3.05, 3.63) is 35.2 Å². The third kappa shape index (κ3) is 2.14. The zero-order chi connectivity index (χ0) is 19.9. The molecule has 4 rings (SSSR count). The minimum Gasteiger partial charge on any atom is -0.390 e. The summed E-state index contributed by atoms with van der Waals surface area (Å²) in [6.45, 7) is 10.1. The molecule has 9 heteroatoms. The van der Waals surface area contributed by atoms with Gasteiger partial charge in [-0.05, 0) is 26.0 Å². The zero-order valence-corrected chi connectivity index (χ0v) is 14.4. The normalized spacial score (nSPS) is 37.7. The maximum absolute atomic E-state index is 13.2. The van der Waals surface area contributed by atoms with Crippen LogP contribution in [0.1, 0.15) is 25.8 Å². The molecular weight excluding hydrogens is 365 g/mol. The van der Waals surface area contributed by atoms with Gasteiger partial charge in [-0.2, -0.15) is 13.2 Å². The van der Waals surface area contributed by atoms with Crippen molar-refractivity contribution in [3.8, 4) is 0 Å². The van der Waals surface area contributed by atoms with Crippen molar-refractivity contribution in [3.63, 3.8) is 0 Å². The molecule has 0 aromatic heterocycles. The zero-order valence-electron chi connectivity index (χ0n) is 14.4. The van der Waals surface area contributed by atoms with E-state index in [4.69, 9.17) is 11.3 Å². The number of hydrogen-bond acceptors (Lipinski definition) is 4. The van der Waals surface area contributed by atoms with E-state index in [1.54, 1.807) is 13.8 Å². The van der Waals surface area contributed by atoms with Crippen molar-refractivity contribution in [1.82, 2.24) is 0 Å². The molecule has 0 spiro atoms. The largest absolute Gasteiger partial charge is 0.407 e. The summed E-state index contributed by atoms with van der Waals surface area (Å²) in [6.07, 6.45) is -5.58. The summed E-state index contributed by atoms with van der Waals surface area (Å²) in [5.41, 5.74) is -4.36. The Morgan fingerprint density at radius 2 is 1.89 bits per heavy atom. The number of amides is 2. The number of hydrogen-bond donors (Lipinski definition) is 1. The first-order valence-corrected chi connectivity index (χ1v) is 8.29.